The maximum Gasteiger partial charge on any atom is 0.222 e. The summed E-state index contributed by atoms with van der Waals surface area (Å²) in [5, 5.41) is 0. The third-order valence-electron chi connectivity index (χ3n) is 4.88. The van der Waals surface area contributed by atoms with Gasteiger partial charge in [-0.2, -0.15) is 0 Å². The van der Waals surface area contributed by atoms with E-state index >= 15 is 0 Å². The number of hydrogen-bond donors (Lipinski definition) is 0. The minimum Gasteiger partial charge on any atom is -0.361 e. The van der Waals surface area contributed by atoms with Gasteiger partial charge in [0.1, 0.15) is 5.82 Å². The van der Waals surface area contributed by atoms with Crippen molar-refractivity contribution in [2.45, 2.75) is 32.1 Å². The van der Waals surface area contributed by atoms with Crippen LogP contribution < -0.4 is 4.90 Å². The first-order valence-electron chi connectivity index (χ1n) is 9.27. The molecule has 6 heteroatoms. The highest BCUT2D eigenvalue weighted by Crippen LogP contribution is 2.24. The molecular formula is C20H27N5O. The summed E-state index contributed by atoms with van der Waals surface area (Å²) in [4.78, 5) is 29.7. The average molecular weight is 353 g/mol. The Kier molecular flexibility index (Phi) is 6.15. The van der Waals surface area contributed by atoms with Crippen molar-refractivity contribution < 1.29 is 4.79 Å². The van der Waals surface area contributed by atoms with Crippen LogP contribution in [0.25, 0.3) is 0 Å². The van der Waals surface area contributed by atoms with Gasteiger partial charge in [0.2, 0.25) is 5.91 Å². The minimum atomic E-state index is 0.241. The van der Waals surface area contributed by atoms with Crippen molar-refractivity contribution in [3.63, 3.8) is 0 Å². The summed E-state index contributed by atoms with van der Waals surface area (Å²) in [6.45, 7) is 1.68. The lowest BCUT2D eigenvalue weighted by Crippen LogP contribution is -2.40. The molecule has 1 aliphatic rings. The maximum absolute atomic E-state index is 12.6. The van der Waals surface area contributed by atoms with Gasteiger partial charge in [-0.05, 0) is 43.2 Å². The largest absolute Gasteiger partial charge is 0.361 e. The van der Waals surface area contributed by atoms with Crippen molar-refractivity contribution >= 4 is 11.7 Å². The molecular weight excluding hydrogens is 326 g/mol. The summed E-state index contributed by atoms with van der Waals surface area (Å²) in [6, 6.07) is 3.94. The van der Waals surface area contributed by atoms with Crippen LogP contribution in [0.1, 0.15) is 30.5 Å². The lowest BCUT2D eigenvalue weighted by atomic mass is 9.92. The van der Waals surface area contributed by atoms with E-state index < -0.39 is 0 Å². The van der Waals surface area contributed by atoms with Crippen LogP contribution in [0.5, 0.6) is 0 Å². The lowest BCUT2D eigenvalue weighted by molar-refractivity contribution is -0.133. The molecule has 0 spiro atoms. The molecule has 0 unspecified atom stereocenters. The molecule has 2 aromatic rings. The van der Waals surface area contributed by atoms with Crippen LogP contribution in [0, 0.1) is 5.92 Å². The Balaban J connectivity index is 1.56. The first-order valence-corrected chi connectivity index (χ1v) is 9.27. The highest BCUT2D eigenvalue weighted by molar-refractivity contribution is 5.76. The van der Waals surface area contributed by atoms with E-state index in [2.05, 4.69) is 15.0 Å². The molecule has 1 fully saturated rings. The summed E-state index contributed by atoms with van der Waals surface area (Å²) in [5.41, 5.74) is 2.14. The Morgan fingerprint density at radius 3 is 2.88 bits per heavy atom. The number of aromatic nitrogens is 3. The number of anilines is 1. The molecule has 0 aliphatic carbocycles. The van der Waals surface area contributed by atoms with Gasteiger partial charge in [-0.3, -0.25) is 14.8 Å². The average Bonchev–Trinajstić information content (AvgIpc) is 2.67. The zero-order valence-corrected chi connectivity index (χ0v) is 15.6. The Hall–Kier alpha value is -2.50. The Morgan fingerprint density at radius 1 is 1.27 bits per heavy atom. The van der Waals surface area contributed by atoms with Crippen LogP contribution in [0.2, 0.25) is 0 Å². The number of likely N-dealkylation sites (tertiary alicyclic amines) is 1. The van der Waals surface area contributed by atoms with Gasteiger partial charge in [0.15, 0.2) is 0 Å². The summed E-state index contributed by atoms with van der Waals surface area (Å²) in [7, 11) is 3.98. The van der Waals surface area contributed by atoms with Crippen LogP contribution in [0.15, 0.2) is 36.9 Å². The molecule has 0 saturated carbocycles. The third kappa shape index (κ3) is 4.77. The Bertz CT molecular complexity index is 719. The minimum absolute atomic E-state index is 0.241. The third-order valence-corrected chi connectivity index (χ3v) is 4.88. The fourth-order valence-corrected chi connectivity index (χ4v) is 3.56. The molecule has 26 heavy (non-hydrogen) atoms. The van der Waals surface area contributed by atoms with E-state index in [0.29, 0.717) is 12.3 Å². The number of nitrogens with zero attached hydrogens (tertiary/aromatic N) is 5. The van der Waals surface area contributed by atoms with Gasteiger partial charge in [-0.1, -0.05) is 6.07 Å². The fourth-order valence-electron chi connectivity index (χ4n) is 3.56. The number of carbonyl (C=O) groups excluding carboxylic acids is 1. The number of amides is 1. The van der Waals surface area contributed by atoms with E-state index in [4.69, 9.17) is 0 Å². The molecule has 3 rings (SSSR count). The number of aryl methyl sites for hydroxylation is 1. The molecule has 6 nitrogen and oxygen atoms in total. The van der Waals surface area contributed by atoms with Crippen molar-refractivity contribution in [3.8, 4) is 0 Å². The van der Waals surface area contributed by atoms with E-state index in [1.54, 1.807) is 18.6 Å². The number of piperidine rings is 1. The van der Waals surface area contributed by atoms with Crippen LogP contribution in [-0.2, 0) is 17.6 Å². The van der Waals surface area contributed by atoms with E-state index in [9.17, 15) is 4.79 Å². The van der Waals surface area contributed by atoms with Crippen molar-refractivity contribution in [1.29, 1.82) is 0 Å². The van der Waals surface area contributed by atoms with Gasteiger partial charge in [-0.15, -0.1) is 0 Å². The zero-order valence-electron chi connectivity index (χ0n) is 15.6. The molecule has 0 bridgehead atoms. The van der Waals surface area contributed by atoms with Gasteiger partial charge in [0.25, 0.3) is 0 Å². The second-order valence-electron chi connectivity index (χ2n) is 7.13. The van der Waals surface area contributed by atoms with Crippen LogP contribution in [0.3, 0.4) is 0 Å². The predicted molar refractivity (Wildman–Crippen MR) is 102 cm³/mol. The Labute approximate surface area is 155 Å². The normalized spacial score (nSPS) is 17.2. The monoisotopic (exact) mass is 353 g/mol. The second-order valence-corrected chi connectivity index (χ2v) is 7.13. The van der Waals surface area contributed by atoms with Gasteiger partial charge in [0, 0.05) is 58.4 Å². The van der Waals surface area contributed by atoms with E-state index in [1.807, 2.05) is 42.2 Å². The SMILES string of the molecule is CN(C)c1nccnc1C[C@@H]1CCCN(C(=O)CCc2cccnc2)C1. The molecule has 1 atom stereocenters. The molecule has 0 radical (unpaired) electrons. The van der Waals surface area contributed by atoms with Crippen LogP contribution >= 0.6 is 0 Å². The predicted octanol–water partition coefficient (Wildman–Crippen LogP) is 2.35. The summed E-state index contributed by atoms with van der Waals surface area (Å²) in [5.74, 6) is 1.61. The molecule has 2 aromatic heterocycles. The second kappa shape index (κ2) is 8.74. The molecule has 1 amide bonds. The van der Waals surface area contributed by atoms with Crippen molar-refractivity contribution in [3.05, 3.63) is 48.2 Å². The van der Waals surface area contributed by atoms with Gasteiger partial charge >= 0.3 is 0 Å². The first kappa shape index (κ1) is 18.3. The molecule has 3 heterocycles. The molecule has 1 aliphatic heterocycles. The van der Waals surface area contributed by atoms with E-state index in [0.717, 1.165) is 55.8 Å². The van der Waals surface area contributed by atoms with Crippen LogP contribution in [-0.4, -0.2) is 52.9 Å². The van der Waals surface area contributed by atoms with Crippen LogP contribution in [0.4, 0.5) is 5.82 Å². The van der Waals surface area contributed by atoms with E-state index in [1.165, 1.54) is 0 Å². The maximum atomic E-state index is 12.6. The molecule has 0 aromatic carbocycles. The topological polar surface area (TPSA) is 62.2 Å². The van der Waals surface area contributed by atoms with Gasteiger partial charge in [-0.25, -0.2) is 4.98 Å². The fraction of sp³-hybridized carbons (Fsp3) is 0.500. The summed E-state index contributed by atoms with van der Waals surface area (Å²) in [6.07, 6.45) is 11.4. The molecule has 0 N–H and O–H groups in total. The lowest BCUT2D eigenvalue weighted by Gasteiger charge is -2.33. The number of carbonyl (C=O) groups is 1. The molecule has 1 saturated heterocycles. The quantitative estimate of drug-likeness (QED) is 0.798. The standard InChI is InChI=1S/C20H27N5O/c1-24(2)20-18(22-10-11-23-20)13-17-6-4-12-25(15-17)19(26)8-7-16-5-3-9-21-14-16/h3,5,9-11,14,17H,4,6-8,12-13,15H2,1-2H3/t17-/m0/s1. The van der Waals surface area contributed by atoms with Gasteiger partial charge < -0.3 is 9.80 Å². The zero-order chi connectivity index (χ0) is 18.4. The summed E-state index contributed by atoms with van der Waals surface area (Å²) < 4.78 is 0. The molecule has 138 valence electrons. The number of pyridine rings is 1. The van der Waals surface area contributed by atoms with Crippen molar-refractivity contribution in [2.75, 3.05) is 32.1 Å². The van der Waals surface area contributed by atoms with Crippen molar-refractivity contribution in [1.82, 2.24) is 19.9 Å². The highest BCUT2D eigenvalue weighted by Gasteiger charge is 2.25. The summed E-state index contributed by atoms with van der Waals surface area (Å²) >= 11 is 0. The van der Waals surface area contributed by atoms with Crippen molar-refractivity contribution in [2.24, 2.45) is 5.92 Å². The number of rotatable bonds is 6. The Morgan fingerprint density at radius 2 is 2.12 bits per heavy atom. The first-order chi connectivity index (χ1) is 12.6. The van der Waals surface area contributed by atoms with Gasteiger partial charge in [0.05, 0.1) is 5.69 Å². The highest BCUT2D eigenvalue weighted by atomic mass is 16.2. The number of hydrogen-bond acceptors (Lipinski definition) is 5. The smallest absolute Gasteiger partial charge is 0.222 e. The van der Waals surface area contributed by atoms with E-state index in [-0.39, 0.29) is 5.91 Å².